The first-order chi connectivity index (χ1) is 7.90. The summed E-state index contributed by atoms with van der Waals surface area (Å²) < 4.78 is 5.72. The molecule has 2 rings (SSSR count). The lowest BCUT2D eigenvalue weighted by Crippen LogP contribution is -2.37. The SMILES string of the molecule is BrCCOC1CCN(c2ccccn2)CC1. The number of hydrogen-bond donors (Lipinski definition) is 0. The zero-order chi connectivity index (χ0) is 11.2. The third kappa shape index (κ3) is 3.19. The van der Waals surface area contributed by atoms with Gasteiger partial charge in [-0.2, -0.15) is 0 Å². The summed E-state index contributed by atoms with van der Waals surface area (Å²) in [4.78, 5) is 6.69. The van der Waals surface area contributed by atoms with Crippen molar-refractivity contribution in [1.82, 2.24) is 4.98 Å². The first-order valence-corrected chi connectivity index (χ1v) is 6.86. The molecule has 0 unspecified atom stereocenters. The van der Waals surface area contributed by atoms with Crippen molar-refractivity contribution in [3.05, 3.63) is 24.4 Å². The molecular weight excluding hydrogens is 268 g/mol. The molecular formula is C12H17BrN2O. The van der Waals surface area contributed by atoms with Gasteiger partial charge in [-0.15, -0.1) is 0 Å². The molecule has 88 valence electrons. The van der Waals surface area contributed by atoms with Crippen molar-refractivity contribution >= 4 is 21.7 Å². The minimum Gasteiger partial charge on any atom is -0.377 e. The van der Waals surface area contributed by atoms with Crippen LogP contribution in [-0.2, 0) is 4.74 Å². The third-order valence-corrected chi connectivity index (χ3v) is 3.17. The fraction of sp³-hybridized carbons (Fsp3) is 0.583. The Balaban J connectivity index is 1.81. The van der Waals surface area contributed by atoms with Gasteiger partial charge >= 0.3 is 0 Å². The van der Waals surface area contributed by atoms with E-state index in [2.05, 4.69) is 31.9 Å². The molecule has 0 bridgehead atoms. The van der Waals surface area contributed by atoms with E-state index in [4.69, 9.17) is 4.74 Å². The van der Waals surface area contributed by atoms with Crippen LogP contribution in [0.15, 0.2) is 24.4 Å². The van der Waals surface area contributed by atoms with Crippen molar-refractivity contribution in [3.8, 4) is 0 Å². The van der Waals surface area contributed by atoms with Crippen molar-refractivity contribution in [2.75, 3.05) is 29.9 Å². The van der Waals surface area contributed by atoms with Gasteiger partial charge in [0.15, 0.2) is 0 Å². The zero-order valence-corrected chi connectivity index (χ0v) is 10.9. The predicted octanol–water partition coefficient (Wildman–Crippen LogP) is 2.46. The lowest BCUT2D eigenvalue weighted by atomic mass is 10.1. The lowest BCUT2D eigenvalue weighted by Gasteiger charge is -2.32. The summed E-state index contributed by atoms with van der Waals surface area (Å²) in [5.74, 6) is 1.08. The quantitative estimate of drug-likeness (QED) is 0.795. The van der Waals surface area contributed by atoms with Crippen LogP contribution in [0.2, 0.25) is 0 Å². The van der Waals surface area contributed by atoms with Gasteiger partial charge in [-0.1, -0.05) is 22.0 Å². The zero-order valence-electron chi connectivity index (χ0n) is 9.31. The topological polar surface area (TPSA) is 25.4 Å². The average Bonchev–Trinajstić information content (AvgIpc) is 2.38. The molecule has 1 aliphatic heterocycles. The van der Waals surface area contributed by atoms with Gasteiger partial charge in [0.1, 0.15) is 5.82 Å². The van der Waals surface area contributed by atoms with Gasteiger partial charge in [0.2, 0.25) is 0 Å². The van der Waals surface area contributed by atoms with Crippen molar-refractivity contribution in [2.24, 2.45) is 0 Å². The first kappa shape index (κ1) is 11.9. The standard InChI is InChI=1S/C12H17BrN2O/c13-6-10-16-11-4-8-15(9-5-11)12-3-1-2-7-14-12/h1-3,7,11H,4-6,8-10H2. The summed E-state index contributed by atoms with van der Waals surface area (Å²) in [6.07, 6.45) is 4.48. The molecule has 0 aliphatic carbocycles. The van der Waals surface area contributed by atoms with Crippen LogP contribution < -0.4 is 4.90 Å². The van der Waals surface area contributed by atoms with E-state index in [1.54, 1.807) is 0 Å². The molecule has 1 aromatic rings. The first-order valence-electron chi connectivity index (χ1n) is 5.73. The number of alkyl halides is 1. The van der Waals surface area contributed by atoms with Gasteiger partial charge in [-0.3, -0.25) is 0 Å². The maximum absolute atomic E-state index is 5.72. The second-order valence-electron chi connectivity index (χ2n) is 3.93. The van der Waals surface area contributed by atoms with Crippen LogP contribution in [0.4, 0.5) is 5.82 Å². The summed E-state index contributed by atoms with van der Waals surface area (Å²) in [6, 6.07) is 6.06. The predicted molar refractivity (Wildman–Crippen MR) is 69.2 cm³/mol. The number of pyridine rings is 1. The molecule has 0 atom stereocenters. The number of rotatable bonds is 4. The van der Waals surface area contributed by atoms with E-state index in [-0.39, 0.29) is 0 Å². The summed E-state index contributed by atoms with van der Waals surface area (Å²) in [7, 11) is 0. The molecule has 3 nitrogen and oxygen atoms in total. The number of ether oxygens (including phenoxy) is 1. The molecule has 0 spiro atoms. The second kappa shape index (κ2) is 6.21. The molecule has 0 amide bonds. The Hall–Kier alpha value is -0.610. The molecule has 0 radical (unpaired) electrons. The van der Waals surface area contributed by atoms with Crippen LogP contribution >= 0.6 is 15.9 Å². The summed E-state index contributed by atoms with van der Waals surface area (Å²) in [5, 5.41) is 0.924. The van der Waals surface area contributed by atoms with E-state index >= 15 is 0 Å². The van der Waals surface area contributed by atoms with Crippen LogP contribution in [0.1, 0.15) is 12.8 Å². The molecule has 1 aliphatic rings. The molecule has 1 fully saturated rings. The number of anilines is 1. The highest BCUT2D eigenvalue weighted by Crippen LogP contribution is 2.18. The Bertz CT molecular complexity index is 299. The van der Waals surface area contributed by atoms with E-state index in [1.807, 2.05) is 18.3 Å². The smallest absolute Gasteiger partial charge is 0.128 e. The number of piperidine rings is 1. The highest BCUT2D eigenvalue weighted by atomic mass is 79.9. The molecule has 1 aromatic heterocycles. The van der Waals surface area contributed by atoms with Crippen molar-refractivity contribution in [1.29, 1.82) is 0 Å². The molecule has 0 N–H and O–H groups in total. The number of aromatic nitrogens is 1. The molecule has 16 heavy (non-hydrogen) atoms. The van der Waals surface area contributed by atoms with Crippen LogP contribution in [0, 0.1) is 0 Å². The van der Waals surface area contributed by atoms with Crippen LogP contribution in [0.3, 0.4) is 0 Å². The molecule has 2 heterocycles. The second-order valence-corrected chi connectivity index (χ2v) is 4.73. The minimum atomic E-state index is 0.428. The highest BCUT2D eigenvalue weighted by Gasteiger charge is 2.19. The summed E-state index contributed by atoms with van der Waals surface area (Å²) in [6.45, 7) is 2.90. The molecule has 0 saturated carbocycles. The van der Waals surface area contributed by atoms with Gasteiger partial charge in [0, 0.05) is 24.6 Å². The number of halogens is 1. The maximum Gasteiger partial charge on any atom is 0.128 e. The van der Waals surface area contributed by atoms with Gasteiger partial charge in [0.05, 0.1) is 12.7 Å². The Kier molecular flexibility index (Phi) is 4.60. The fourth-order valence-electron chi connectivity index (χ4n) is 2.00. The number of nitrogens with zero attached hydrogens (tertiary/aromatic N) is 2. The summed E-state index contributed by atoms with van der Waals surface area (Å²) >= 11 is 3.38. The Morgan fingerprint density at radius 3 is 2.81 bits per heavy atom. The monoisotopic (exact) mass is 284 g/mol. The number of hydrogen-bond acceptors (Lipinski definition) is 3. The third-order valence-electron chi connectivity index (χ3n) is 2.85. The van der Waals surface area contributed by atoms with E-state index in [0.29, 0.717) is 6.10 Å². The molecule has 4 heteroatoms. The van der Waals surface area contributed by atoms with Crippen molar-refractivity contribution < 1.29 is 4.74 Å². The largest absolute Gasteiger partial charge is 0.377 e. The fourth-order valence-corrected chi connectivity index (χ4v) is 2.19. The lowest BCUT2D eigenvalue weighted by molar-refractivity contribution is 0.0480. The van der Waals surface area contributed by atoms with E-state index in [0.717, 1.165) is 43.7 Å². The minimum absolute atomic E-state index is 0.428. The van der Waals surface area contributed by atoms with Crippen molar-refractivity contribution in [3.63, 3.8) is 0 Å². The van der Waals surface area contributed by atoms with Gasteiger partial charge in [0.25, 0.3) is 0 Å². The van der Waals surface area contributed by atoms with E-state index < -0.39 is 0 Å². The van der Waals surface area contributed by atoms with Gasteiger partial charge in [-0.05, 0) is 25.0 Å². The van der Waals surface area contributed by atoms with Crippen LogP contribution in [0.25, 0.3) is 0 Å². The Labute approximate surface area is 105 Å². The highest BCUT2D eigenvalue weighted by molar-refractivity contribution is 9.09. The van der Waals surface area contributed by atoms with Crippen LogP contribution in [-0.4, -0.2) is 36.1 Å². The van der Waals surface area contributed by atoms with Crippen molar-refractivity contribution in [2.45, 2.75) is 18.9 Å². The average molecular weight is 285 g/mol. The normalized spacial score (nSPS) is 17.7. The summed E-state index contributed by atoms with van der Waals surface area (Å²) in [5.41, 5.74) is 0. The van der Waals surface area contributed by atoms with E-state index in [9.17, 15) is 0 Å². The van der Waals surface area contributed by atoms with Gasteiger partial charge in [-0.25, -0.2) is 4.98 Å². The maximum atomic E-state index is 5.72. The molecule has 0 aromatic carbocycles. The van der Waals surface area contributed by atoms with Crippen LogP contribution in [0.5, 0.6) is 0 Å². The van der Waals surface area contributed by atoms with E-state index in [1.165, 1.54) is 0 Å². The Morgan fingerprint density at radius 1 is 1.38 bits per heavy atom. The molecule has 1 saturated heterocycles. The van der Waals surface area contributed by atoms with Gasteiger partial charge < -0.3 is 9.64 Å². The Morgan fingerprint density at radius 2 is 2.19 bits per heavy atom.